The summed E-state index contributed by atoms with van der Waals surface area (Å²) in [5.41, 5.74) is 3.72. The van der Waals surface area contributed by atoms with Crippen LogP contribution in [-0.4, -0.2) is 13.1 Å². The molecule has 3 nitrogen and oxygen atoms in total. The normalized spacial score (nSPS) is 10.6. The Morgan fingerprint density at radius 3 is 2.38 bits per heavy atom. The number of fused-ring (bicyclic) bond motifs is 1. The molecule has 0 spiro atoms. The van der Waals surface area contributed by atoms with E-state index in [1.807, 2.05) is 68.4 Å². The first-order valence-corrected chi connectivity index (χ1v) is 7.88. The highest BCUT2D eigenvalue weighted by Crippen LogP contribution is 2.27. The Morgan fingerprint density at radius 1 is 0.958 bits per heavy atom. The second-order valence-corrected chi connectivity index (χ2v) is 5.91. The zero-order chi connectivity index (χ0) is 17.1. The predicted octanol–water partition coefficient (Wildman–Crippen LogP) is 4.82. The van der Waals surface area contributed by atoms with E-state index in [-0.39, 0.29) is 12.6 Å². The summed E-state index contributed by atoms with van der Waals surface area (Å²) in [6, 6.07) is 17.7. The fourth-order valence-corrected chi connectivity index (χ4v) is 2.72. The Bertz CT molecular complexity index is 897. The van der Waals surface area contributed by atoms with Crippen LogP contribution in [0.5, 0.6) is 5.75 Å². The number of aryl methyl sites for hydroxylation is 2. The van der Waals surface area contributed by atoms with Gasteiger partial charge in [0.25, 0.3) is 0 Å². The highest BCUT2D eigenvalue weighted by atomic mass is 16.5. The summed E-state index contributed by atoms with van der Waals surface area (Å²) in [6.07, 6.45) is 0. The van der Waals surface area contributed by atoms with Gasteiger partial charge in [-0.1, -0.05) is 48.0 Å². The molecule has 0 fully saturated rings. The first-order valence-electron chi connectivity index (χ1n) is 7.88. The molecule has 0 atom stereocenters. The highest BCUT2D eigenvalue weighted by Gasteiger charge is 2.15. The fraction of sp³-hybridized carbons (Fsp3) is 0.190. The SMILES string of the molecule is COc1cc2ccccc2cc1C(=O)OCc1cc(C)ccc1C. The van der Waals surface area contributed by atoms with Crippen molar-refractivity contribution in [3.05, 3.63) is 76.9 Å². The van der Waals surface area contributed by atoms with Crippen LogP contribution in [0.2, 0.25) is 0 Å². The molecule has 0 aliphatic rings. The van der Waals surface area contributed by atoms with Gasteiger partial charge in [-0.15, -0.1) is 0 Å². The van der Waals surface area contributed by atoms with Crippen molar-refractivity contribution in [2.75, 3.05) is 7.11 Å². The first-order chi connectivity index (χ1) is 11.6. The summed E-state index contributed by atoms with van der Waals surface area (Å²) in [5.74, 6) is 0.151. The van der Waals surface area contributed by atoms with Gasteiger partial charge in [0.15, 0.2) is 0 Å². The van der Waals surface area contributed by atoms with Crippen molar-refractivity contribution in [2.45, 2.75) is 20.5 Å². The third-order valence-electron chi connectivity index (χ3n) is 4.15. The average Bonchev–Trinajstić information content (AvgIpc) is 2.61. The van der Waals surface area contributed by atoms with E-state index in [9.17, 15) is 4.79 Å². The third kappa shape index (κ3) is 3.25. The minimum Gasteiger partial charge on any atom is -0.496 e. The Kier molecular flexibility index (Phi) is 4.52. The molecule has 0 radical (unpaired) electrons. The van der Waals surface area contributed by atoms with Gasteiger partial charge in [0, 0.05) is 0 Å². The molecule has 0 bridgehead atoms. The lowest BCUT2D eigenvalue weighted by Crippen LogP contribution is -2.08. The van der Waals surface area contributed by atoms with Gasteiger partial charge in [0.1, 0.15) is 17.9 Å². The summed E-state index contributed by atoms with van der Waals surface area (Å²) in [7, 11) is 1.56. The number of methoxy groups -OCH3 is 1. The molecular formula is C21H20O3. The highest BCUT2D eigenvalue weighted by molar-refractivity contribution is 5.98. The molecule has 0 unspecified atom stereocenters. The Hall–Kier alpha value is -2.81. The van der Waals surface area contributed by atoms with E-state index in [1.165, 1.54) is 0 Å². The lowest BCUT2D eigenvalue weighted by Gasteiger charge is -2.12. The molecule has 24 heavy (non-hydrogen) atoms. The van der Waals surface area contributed by atoms with Crippen LogP contribution in [0.4, 0.5) is 0 Å². The molecule has 3 aromatic rings. The maximum absolute atomic E-state index is 12.5. The standard InChI is InChI=1S/C21H20O3/c1-14-8-9-15(2)18(10-14)13-24-21(22)19-11-16-6-4-5-7-17(16)12-20(19)23-3/h4-12H,13H2,1-3H3. The zero-order valence-corrected chi connectivity index (χ0v) is 14.1. The van der Waals surface area contributed by atoms with E-state index < -0.39 is 0 Å². The number of rotatable bonds is 4. The number of esters is 1. The molecule has 3 aromatic carbocycles. The van der Waals surface area contributed by atoms with Crippen molar-refractivity contribution >= 4 is 16.7 Å². The van der Waals surface area contributed by atoms with Gasteiger partial charge in [0.2, 0.25) is 0 Å². The lowest BCUT2D eigenvalue weighted by atomic mass is 10.1. The van der Waals surface area contributed by atoms with E-state index in [0.717, 1.165) is 27.5 Å². The molecule has 3 heteroatoms. The number of hydrogen-bond donors (Lipinski definition) is 0. The van der Waals surface area contributed by atoms with Crippen LogP contribution in [0.1, 0.15) is 27.0 Å². The van der Waals surface area contributed by atoms with Crippen LogP contribution in [0.3, 0.4) is 0 Å². The van der Waals surface area contributed by atoms with Crippen molar-refractivity contribution < 1.29 is 14.3 Å². The Morgan fingerprint density at radius 2 is 1.67 bits per heavy atom. The number of ether oxygens (including phenoxy) is 2. The van der Waals surface area contributed by atoms with E-state index in [1.54, 1.807) is 7.11 Å². The van der Waals surface area contributed by atoms with Gasteiger partial charge in [-0.3, -0.25) is 0 Å². The summed E-state index contributed by atoms with van der Waals surface area (Å²) in [5, 5.41) is 2.01. The van der Waals surface area contributed by atoms with E-state index in [2.05, 4.69) is 0 Å². The summed E-state index contributed by atoms with van der Waals surface area (Å²) >= 11 is 0. The third-order valence-corrected chi connectivity index (χ3v) is 4.15. The van der Waals surface area contributed by atoms with Crippen LogP contribution in [0.15, 0.2) is 54.6 Å². The molecule has 0 saturated heterocycles. The van der Waals surface area contributed by atoms with Gasteiger partial charge in [-0.05, 0) is 47.9 Å². The van der Waals surface area contributed by atoms with Crippen LogP contribution < -0.4 is 4.74 Å². The minimum atomic E-state index is -0.376. The zero-order valence-electron chi connectivity index (χ0n) is 14.1. The average molecular weight is 320 g/mol. The van der Waals surface area contributed by atoms with Gasteiger partial charge in [-0.2, -0.15) is 0 Å². The molecule has 0 aromatic heterocycles. The van der Waals surface area contributed by atoms with Gasteiger partial charge in [0.05, 0.1) is 7.11 Å². The van der Waals surface area contributed by atoms with Crippen molar-refractivity contribution in [1.82, 2.24) is 0 Å². The van der Waals surface area contributed by atoms with Gasteiger partial charge in [-0.25, -0.2) is 4.79 Å². The van der Waals surface area contributed by atoms with Gasteiger partial charge >= 0.3 is 5.97 Å². The van der Waals surface area contributed by atoms with E-state index in [0.29, 0.717) is 11.3 Å². The van der Waals surface area contributed by atoms with Crippen LogP contribution >= 0.6 is 0 Å². The number of hydrogen-bond acceptors (Lipinski definition) is 3. The van der Waals surface area contributed by atoms with Crippen LogP contribution in [0, 0.1) is 13.8 Å². The molecule has 0 N–H and O–H groups in total. The molecule has 0 saturated carbocycles. The van der Waals surface area contributed by atoms with E-state index >= 15 is 0 Å². The molecule has 0 aliphatic heterocycles. The van der Waals surface area contributed by atoms with Crippen LogP contribution in [0.25, 0.3) is 10.8 Å². The summed E-state index contributed by atoms with van der Waals surface area (Å²) in [4.78, 5) is 12.5. The summed E-state index contributed by atoms with van der Waals surface area (Å²) < 4.78 is 10.9. The van der Waals surface area contributed by atoms with Crippen molar-refractivity contribution in [1.29, 1.82) is 0 Å². The topological polar surface area (TPSA) is 35.5 Å². The Balaban J connectivity index is 1.86. The second kappa shape index (κ2) is 6.75. The molecule has 0 heterocycles. The molecule has 122 valence electrons. The predicted molar refractivity (Wildman–Crippen MR) is 95.5 cm³/mol. The second-order valence-electron chi connectivity index (χ2n) is 5.91. The van der Waals surface area contributed by atoms with Crippen LogP contribution in [-0.2, 0) is 11.3 Å². The monoisotopic (exact) mass is 320 g/mol. The molecule has 0 aliphatic carbocycles. The van der Waals surface area contributed by atoms with Crippen molar-refractivity contribution in [3.8, 4) is 5.75 Å². The van der Waals surface area contributed by atoms with Crippen molar-refractivity contribution in [3.63, 3.8) is 0 Å². The first kappa shape index (κ1) is 16.1. The molecular weight excluding hydrogens is 300 g/mol. The lowest BCUT2D eigenvalue weighted by molar-refractivity contribution is 0.0468. The fourth-order valence-electron chi connectivity index (χ4n) is 2.72. The maximum Gasteiger partial charge on any atom is 0.342 e. The molecule has 0 amide bonds. The van der Waals surface area contributed by atoms with Crippen molar-refractivity contribution in [2.24, 2.45) is 0 Å². The number of benzene rings is 3. The smallest absolute Gasteiger partial charge is 0.342 e. The van der Waals surface area contributed by atoms with Gasteiger partial charge < -0.3 is 9.47 Å². The largest absolute Gasteiger partial charge is 0.496 e. The Labute approximate surface area is 141 Å². The number of carbonyl (C=O) groups excluding carboxylic acids is 1. The van der Waals surface area contributed by atoms with E-state index in [4.69, 9.17) is 9.47 Å². The maximum atomic E-state index is 12.5. The number of carbonyl (C=O) groups is 1. The minimum absolute atomic E-state index is 0.252. The summed E-state index contributed by atoms with van der Waals surface area (Å²) in [6.45, 7) is 4.29. The molecule has 3 rings (SSSR count). The quantitative estimate of drug-likeness (QED) is 0.646.